The van der Waals surface area contributed by atoms with Gasteiger partial charge in [0.25, 0.3) is 0 Å². The summed E-state index contributed by atoms with van der Waals surface area (Å²) >= 11 is 0. The summed E-state index contributed by atoms with van der Waals surface area (Å²) in [6.45, 7) is 22.9. The van der Waals surface area contributed by atoms with E-state index in [-0.39, 0.29) is 60.3 Å². The largest absolute Gasteiger partial charge is 0.428 e. The fourth-order valence-electron chi connectivity index (χ4n) is 1.71. The first kappa shape index (κ1) is 41.3. The number of esters is 6. The monoisotopic (exact) mass is 578 g/mol. The van der Waals surface area contributed by atoms with E-state index in [4.69, 9.17) is 18.9 Å². The van der Waals surface area contributed by atoms with Crippen molar-refractivity contribution in [3.05, 3.63) is 0 Å². The van der Waals surface area contributed by atoms with Crippen LogP contribution in [0.25, 0.3) is 0 Å². The van der Waals surface area contributed by atoms with Gasteiger partial charge in [0.05, 0.1) is 29.1 Å². The standard InChI is InChI=1S/2C10H18O4.C8H14O4/c1-7(2)8(11)13-6-14-9(12)10(3,4)5;1-6(2)9(11)13-8(5)14-10(12)7(3)4;1-5(2)8(10)12-7(4)11-6(3)9/h7H,6H2,1-5H3;6-8H,1-5H3;5,7H,1-4H3. The predicted molar refractivity (Wildman–Crippen MR) is 145 cm³/mol. The third-order valence-electron chi connectivity index (χ3n) is 4.07. The van der Waals surface area contributed by atoms with E-state index in [1.165, 1.54) is 20.8 Å². The smallest absolute Gasteiger partial charge is 0.314 e. The van der Waals surface area contributed by atoms with Crippen LogP contribution in [0.1, 0.15) is 96.9 Å². The highest BCUT2D eigenvalue weighted by molar-refractivity contribution is 5.76. The maximum absolute atomic E-state index is 11.2. The fourth-order valence-corrected chi connectivity index (χ4v) is 1.71. The van der Waals surface area contributed by atoms with Gasteiger partial charge in [0.1, 0.15) is 0 Å². The Labute approximate surface area is 238 Å². The van der Waals surface area contributed by atoms with Crippen molar-refractivity contribution in [3.8, 4) is 0 Å². The third-order valence-corrected chi connectivity index (χ3v) is 4.07. The molecular formula is C28H50O12. The normalized spacial score (nSPS) is 11.5. The predicted octanol–water partition coefficient (Wildman–Crippen LogP) is 4.56. The molecule has 0 aliphatic heterocycles. The van der Waals surface area contributed by atoms with Crippen LogP contribution in [0.2, 0.25) is 0 Å². The van der Waals surface area contributed by atoms with Crippen LogP contribution < -0.4 is 0 Å². The molecule has 0 aromatic heterocycles. The van der Waals surface area contributed by atoms with E-state index < -0.39 is 24.0 Å². The van der Waals surface area contributed by atoms with Gasteiger partial charge in [-0.1, -0.05) is 55.4 Å². The van der Waals surface area contributed by atoms with Gasteiger partial charge in [0, 0.05) is 20.8 Å². The van der Waals surface area contributed by atoms with Gasteiger partial charge in [-0.05, 0) is 20.8 Å². The van der Waals surface area contributed by atoms with Crippen molar-refractivity contribution in [3.63, 3.8) is 0 Å². The van der Waals surface area contributed by atoms with Crippen molar-refractivity contribution in [2.75, 3.05) is 6.79 Å². The second kappa shape index (κ2) is 20.7. The number of hydrogen-bond acceptors (Lipinski definition) is 12. The van der Waals surface area contributed by atoms with Crippen LogP contribution in [-0.4, -0.2) is 55.2 Å². The summed E-state index contributed by atoms with van der Waals surface area (Å²) in [4.78, 5) is 65.7. The zero-order chi connectivity index (χ0) is 32.4. The third kappa shape index (κ3) is 23.9. The molecule has 0 heterocycles. The summed E-state index contributed by atoms with van der Waals surface area (Å²) in [7, 11) is 0. The van der Waals surface area contributed by atoms with E-state index in [2.05, 4.69) is 9.47 Å². The van der Waals surface area contributed by atoms with Crippen LogP contribution >= 0.6 is 0 Å². The minimum atomic E-state index is -0.806. The summed E-state index contributed by atoms with van der Waals surface area (Å²) in [5.41, 5.74) is -0.565. The highest BCUT2D eigenvalue weighted by atomic mass is 16.7. The summed E-state index contributed by atoms with van der Waals surface area (Å²) < 4.78 is 28.5. The molecule has 0 amide bonds. The lowest BCUT2D eigenvalue weighted by Crippen LogP contribution is -2.25. The van der Waals surface area contributed by atoms with E-state index >= 15 is 0 Å². The highest BCUT2D eigenvalue weighted by Gasteiger charge is 2.23. The molecule has 0 aliphatic rings. The van der Waals surface area contributed by atoms with Crippen molar-refractivity contribution in [1.29, 1.82) is 0 Å². The van der Waals surface area contributed by atoms with Gasteiger partial charge in [-0.25, -0.2) is 0 Å². The van der Waals surface area contributed by atoms with Crippen molar-refractivity contribution in [1.82, 2.24) is 0 Å². The average molecular weight is 579 g/mol. The van der Waals surface area contributed by atoms with Gasteiger partial charge in [0.2, 0.25) is 19.4 Å². The number of carbonyl (C=O) groups excluding carboxylic acids is 6. The van der Waals surface area contributed by atoms with Gasteiger partial charge < -0.3 is 28.4 Å². The lowest BCUT2D eigenvalue weighted by molar-refractivity contribution is -0.189. The fraction of sp³-hybridized carbons (Fsp3) is 0.786. The van der Waals surface area contributed by atoms with Gasteiger partial charge in [-0.2, -0.15) is 0 Å². The summed E-state index contributed by atoms with van der Waals surface area (Å²) in [5.74, 6) is -3.15. The van der Waals surface area contributed by atoms with Gasteiger partial charge in [-0.15, -0.1) is 0 Å². The molecule has 0 radical (unpaired) electrons. The molecule has 0 aliphatic carbocycles. The minimum absolute atomic E-state index is 0.205. The molecular weight excluding hydrogens is 528 g/mol. The Morgan fingerprint density at radius 3 is 1.05 bits per heavy atom. The van der Waals surface area contributed by atoms with Crippen LogP contribution in [-0.2, 0) is 57.2 Å². The molecule has 0 saturated heterocycles. The molecule has 0 aromatic rings. The lowest BCUT2D eigenvalue weighted by atomic mass is 9.98. The molecule has 234 valence electrons. The molecule has 0 N–H and O–H groups in total. The van der Waals surface area contributed by atoms with Crippen LogP contribution in [0.4, 0.5) is 0 Å². The quantitative estimate of drug-likeness (QED) is 0.202. The molecule has 1 unspecified atom stereocenters. The average Bonchev–Trinajstić information content (AvgIpc) is 2.77. The number of hydrogen-bond donors (Lipinski definition) is 0. The second-order valence-corrected chi connectivity index (χ2v) is 10.9. The van der Waals surface area contributed by atoms with Crippen molar-refractivity contribution < 1.29 is 57.2 Å². The molecule has 40 heavy (non-hydrogen) atoms. The first-order chi connectivity index (χ1) is 18.0. The van der Waals surface area contributed by atoms with E-state index in [0.29, 0.717) is 0 Å². The summed E-state index contributed by atoms with van der Waals surface area (Å²) in [5, 5.41) is 0. The Bertz CT molecular complexity index is 785. The molecule has 12 heteroatoms. The van der Waals surface area contributed by atoms with Crippen LogP contribution in [0.5, 0.6) is 0 Å². The van der Waals surface area contributed by atoms with Crippen molar-refractivity contribution in [2.45, 2.75) is 110 Å². The molecule has 12 nitrogen and oxygen atoms in total. The Balaban J connectivity index is -0.000000515. The zero-order valence-electron chi connectivity index (χ0n) is 26.6. The topological polar surface area (TPSA) is 158 Å². The summed E-state index contributed by atoms with van der Waals surface area (Å²) in [6, 6.07) is 0. The molecule has 0 bridgehead atoms. The van der Waals surface area contributed by atoms with Crippen molar-refractivity contribution in [2.24, 2.45) is 29.1 Å². The molecule has 0 spiro atoms. The minimum Gasteiger partial charge on any atom is -0.428 e. The SMILES string of the molecule is CC(=O)OC(C)OC(=O)C(C)C.CC(C)C(=O)OCOC(=O)C(C)(C)C.CC(OC(=O)C(C)C)OC(=O)C(C)C. The Kier molecular flexibility index (Phi) is 21.4. The van der Waals surface area contributed by atoms with Gasteiger partial charge >= 0.3 is 35.8 Å². The van der Waals surface area contributed by atoms with E-state index in [1.54, 1.807) is 76.2 Å². The molecule has 1 atom stereocenters. The summed E-state index contributed by atoms with van der Waals surface area (Å²) in [6.07, 6.45) is -1.60. The maximum atomic E-state index is 11.2. The number of ether oxygens (including phenoxy) is 6. The Hall–Kier alpha value is -3.18. The Morgan fingerprint density at radius 1 is 0.500 bits per heavy atom. The van der Waals surface area contributed by atoms with E-state index in [9.17, 15) is 28.8 Å². The van der Waals surface area contributed by atoms with Gasteiger partial charge in [-0.3, -0.25) is 28.8 Å². The molecule has 0 aromatic carbocycles. The lowest BCUT2D eigenvalue weighted by Gasteiger charge is -2.16. The second-order valence-electron chi connectivity index (χ2n) is 10.9. The molecule has 0 saturated carbocycles. The van der Waals surface area contributed by atoms with Gasteiger partial charge in [0.15, 0.2) is 0 Å². The first-order valence-corrected chi connectivity index (χ1v) is 13.1. The van der Waals surface area contributed by atoms with Crippen LogP contribution in [0.15, 0.2) is 0 Å². The van der Waals surface area contributed by atoms with E-state index in [0.717, 1.165) is 0 Å². The van der Waals surface area contributed by atoms with Crippen molar-refractivity contribution >= 4 is 35.8 Å². The Morgan fingerprint density at radius 2 is 0.800 bits per heavy atom. The first-order valence-electron chi connectivity index (χ1n) is 13.1. The van der Waals surface area contributed by atoms with Crippen LogP contribution in [0.3, 0.4) is 0 Å². The van der Waals surface area contributed by atoms with Crippen LogP contribution in [0, 0.1) is 29.1 Å². The number of rotatable bonds is 10. The zero-order valence-corrected chi connectivity index (χ0v) is 26.6. The number of carbonyl (C=O) groups is 6. The molecule has 0 fully saturated rings. The highest BCUT2D eigenvalue weighted by Crippen LogP contribution is 2.15. The molecule has 0 rings (SSSR count). The van der Waals surface area contributed by atoms with E-state index in [1.807, 2.05) is 0 Å². The maximum Gasteiger partial charge on any atom is 0.314 e.